The number of aliphatic carboxylic acids is 1. The van der Waals surface area contributed by atoms with Gasteiger partial charge < -0.3 is 10.0 Å². The van der Waals surface area contributed by atoms with Crippen molar-refractivity contribution >= 4 is 23.6 Å². The Hall–Kier alpha value is -1.49. The maximum atomic E-state index is 12.0. The normalized spacial score (nSPS) is 18.2. The number of carbonyl (C=O) groups is 2. The molecule has 5 heteroatoms. The van der Waals surface area contributed by atoms with E-state index in [0.717, 1.165) is 5.75 Å². The van der Waals surface area contributed by atoms with E-state index in [1.807, 2.05) is 6.92 Å². The van der Waals surface area contributed by atoms with Gasteiger partial charge in [-0.2, -0.15) is 0 Å². The highest BCUT2D eigenvalue weighted by Gasteiger charge is 2.30. The zero-order valence-electron chi connectivity index (χ0n) is 11.5. The van der Waals surface area contributed by atoms with Gasteiger partial charge in [-0.1, -0.05) is 29.8 Å². The molecule has 1 unspecified atom stereocenters. The number of rotatable bonds is 5. The molecule has 20 heavy (non-hydrogen) atoms. The molecule has 1 amide bonds. The van der Waals surface area contributed by atoms with Gasteiger partial charge in [-0.25, -0.2) is 0 Å². The molecule has 0 aliphatic carbocycles. The predicted molar refractivity (Wildman–Crippen MR) is 79.7 cm³/mol. The van der Waals surface area contributed by atoms with Gasteiger partial charge >= 0.3 is 5.97 Å². The molecule has 1 aromatic carbocycles. The molecule has 4 nitrogen and oxygen atoms in total. The summed E-state index contributed by atoms with van der Waals surface area (Å²) in [6.07, 6.45) is 0.573. The van der Waals surface area contributed by atoms with E-state index in [1.165, 1.54) is 11.1 Å². The minimum Gasteiger partial charge on any atom is -0.481 e. The Labute approximate surface area is 123 Å². The second-order valence-electron chi connectivity index (χ2n) is 5.14. The van der Waals surface area contributed by atoms with Gasteiger partial charge in [0.05, 0.1) is 11.7 Å². The Bertz CT molecular complexity index is 486. The summed E-state index contributed by atoms with van der Waals surface area (Å²) in [5, 5.41) is 8.92. The van der Waals surface area contributed by atoms with E-state index in [-0.39, 0.29) is 11.8 Å². The van der Waals surface area contributed by atoms with Gasteiger partial charge in [0.2, 0.25) is 5.91 Å². The second kappa shape index (κ2) is 6.79. The number of benzene rings is 1. The molecule has 0 saturated carbocycles. The third-order valence-corrected chi connectivity index (χ3v) is 4.49. The van der Waals surface area contributed by atoms with Crippen LogP contribution >= 0.6 is 11.8 Å². The van der Waals surface area contributed by atoms with Crippen LogP contribution in [0.1, 0.15) is 17.5 Å². The Morgan fingerprint density at radius 2 is 2.05 bits per heavy atom. The first-order valence-electron chi connectivity index (χ1n) is 6.70. The quantitative estimate of drug-likeness (QED) is 0.904. The van der Waals surface area contributed by atoms with Crippen molar-refractivity contribution in [1.29, 1.82) is 0 Å². The minimum atomic E-state index is -0.799. The number of carboxylic acid groups (broad SMARTS) is 1. The van der Waals surface area contributed by atoms with Gasteiger partial charge in [-0.3, -0.25) is 9.59 Å². The fourth-order valence-electron chi connectivity index (χ4n) is 2.22. The van der Waals surface area contributed by atoms with Crippen LogP contribution in [0.5, 0.6) is 0 Å². The molecule has 2 rings (SSSR count). The monoisotopic (exact) mass is 293 g/mol. The van der Waals surface area contributed by atoms with Crippen LogP contribution in [0.3, 0.4) is 0 Å². The molecule has 1 heterocycles. The standard InChI is InChI=1S/C15H19NO3S/c1-11-2-4-12(5-3-11)9-20-10-14(17)16-7-6-13(8-16)15(18)19/h2-5,13H,6-10H2,1H3,(H,18,19). The average Bonchev–Trinajstić information content (AvgIpc) is 2.91. The Morgan fingerprint density at radius 1 is 1.35 bits per heavy atom. The third-order valence-electron chi connectivity index (χ3n) is 3.51. The van der Waals surface area contributed by atoms with Gasteiger partial charge in [-0.05, 0) is 18.9 Å². The molecule has 0 radical (unpaired) electrons. The highest BCUT2D eigenvalue weighted by Crippen LogP contribution is 2.19. The number of hydrogen-bond acceptors (Lipinski definition) is 3. The molecule has 1 N–H and O–H groups in total. The first-order valence-corrected chi connectivity index (χ1v) is 7.85. The number of carboxylic acids is 1. The molecule has 1 saturated heterocycles. The smallest absolute Gasteiger partial charge is 0.308 e. The summed E-state index contributed by atoms with van der Waals surface area (Å²) in [4.78, 5) is 24.5. The van der Waals surface area contributed by atoms with Crippen molar-refractivity contribution in [1.82, 2.24) is 4.90 Å². The van der Waals surface area contributed by atoms with Crippen LogP contribution in [0.15, 0.2) is 24.3 Å². The summed E-state index contributed by atoms with van der Waals surface area (Å²) in [7, 11) is 0. The average molecular weight is 293 g/mol. The number of carbonyl (C=O) groups excluding carboxylic acids is 1. The van der Waals surface area contributed by atoms with Crippen LogP contribution in [-0.4, -0.2) is 40.7 Å². The molecular formula is C15H19NO3S. The lowest BCUT2D eigenvalue weighted by Gasteiger charge is -2.15. The van der Waals surface area contributed by atoms with Crippen molar-refractivity contribution in [3.05, 3.63) is 35.4 Å². The Morgan fingerprint density at radius 3 is 2.65 bits per heavy atom. The summed E-state index contributed by atoms with van der Waals surface area (Å²) >= 11 is 1.58. The number of hydrogen-bond donors (Lipinski definition) is 1. The maximum absolute atomic E-state index is 12.0. The number of likely N-dealkylation sites (tertiary alicyclic amines) is 1. The van der Waals surface area contributed by atoms with E-state index in [9.17, 15) is 9.59 Å². The molecular weight excluding hydrogens is 274 g/mol. The Balaban J connectivity index is 1.73. The molecule has 1 aliphatic heterocycles. The van der Waals surface area contributed by atoms with Crippen molar-refractivity contribution < 1.29 is 14.7 Å². The first kappa shape index (κ1) is 14.9. The van der Waals surface area contributed by atoms with Crippen molar-refractivity contribution in [2.24, 2.45) is 5.92 Å². The number of nitrogens with zero attached hydrogens (tertiary/aromatic N) is 1. The fraction of sp³-hybridized carbons (Fsp3) is 0.467. The van der Waals surface area contributed by atoms with E-state index in [2.05, 4.69) is 24.3 Å². The van der Waals surface area contributed by atoms with Gasteiger partial charge in [0.1, 0.15) is 0 Å². The van der Waals surface area contributed by atoms with Crippen LogP contribution in [0.25, 0.3) is 0 Å². The maximum Gasteiger partial charge on any atom is 0.308 e. The van der Waals surface area contributed by atoms with E-state index < -0.39 is 5.97 Å². The summed E-state index contributed by atoms with van der Waals surface area (Å²) < 4.78 is 0. The minimum absolute atomic E-state index is 0.0471. The fourth-order valence-corrected chi connectivity index (χ4v) is 3.11. The topological polar surface area (TPSA) is 57.6 Å². The number of aryl methyl sites for hydroxylation is 1. The van der Waals surface area contributed by atoms with Crippen LogP contribution in [0.4, 0.5) is 0 Å². The van der Waals surface area contributed by atoms with Crippen molar-refractivity contribution in [2.75, 3.05) is 18.8 Å². The highest BCUT2D eigenvalue weighted by atomic mass is 32.2. The third kappa shape index (κ3) is 4.00. The molecule has 0 spiro atoms. The van der Waals surface area contributed by atoms with Crippen molar-refractivity contribution in [3.63, 3.8) is 0 Å². The van der Waals surface area contributed by atoms with E-state index >= 15 is 0 Å². The SMILES string of the molecule is Cc1ccc(CSCC(=O)N2CCC(C(=O)O)C2)cc1. The van der Waals surface area contributed by atoms with Crippen molar-refractivity contribution in [2.45, 2.75) is 19.1 Å². The van der Waals surface area contributed by atoms with E-state index in [1.54, 1.807) is 16.7 Å². The summed E-state index contributed by atoms with van der Waals surface area (Å²) in [5.74, 6) is 0.0853. The van der Waals surface area contributed by atoms with E-state index in [4.69, 9.17) is 5.11 Å². The molecule has 1 atom stereocenters. The van der Waals surface area contributed by atoms with Gasteiger partial charge in [0, 0.05) is 18.8 Å². The van der Waals surface area contributed by atoms with Crippen LogP contribution in [-0.2, 0) is 15.3 Å². The summed E-state index contributed by atoms with van der Waals surface area (Å²) in [6.45, 7) is 2.98. The molecule has 1 aromatic rings. The predicted octanol–water partition coefficient (Wildman–Crippen LogP) is 2.16. The van der Waals surface area contributed by atoms with Crippen LogP contribution < -0.4 is 0 Å². The highest BCUT2D eigenvalue weighted by molar-refractivity contribution is 7.99. The lowest BCUT2D eigenvalue weighted by atomic mass is 10.1. The first-order chi connectivity index (χ1) is 9.56. The second-order valence-corrected chi connectivity index (χ2v) is 6.13. The molecule has 0 bridgehead atoms. The van der Waals surface area contributed by atoms with Crippen LogP contribution in [0.2, 0.25) is 0 Å². The summed E-state index contributed by atoms with van der Waals surface area (Å²) in [6, 6.07) is 8.28. The Kier molecular flexibility index (Phi) is 5.06. The lowest BCUT2D eigenvalue weighted by molar-refractivity contribution is -0.141. The number of amides is 1. The van der Waals surface area contributed by atoms with Gasteiger partial charge in [0.15, 0.2) is 0 Å². The molecule has 1 aliphatic rings. The van der Waals surface area contributed by atoms with E-state index in [0.29, 0.717) is 25.3 Å². The van der Waals surface area contributed by atoms with Gasteiger partial charge in [0.25, 0.3) is 0 Å². The molecule has 108 valence electrons. The number of thioether (sulfide) groups is 1. The summed E-state index contributed by atoms with van der Waals surface area (Å²) in [5.41, 5.74) is 2.44. The zero-order valence-corrected chi connectivity index (χ0v) is 12.4. The molecule has 1 fully saturated rings. The van der Waals surface area contributed by atoms with Crippen LogP contribution in [0, 0.1) is 12.8 Å². The molecule has 0 aromatic heterocycles. The zero-order chi connectivity index (χ0) is 14.5. The largest absolute Gasteiger partial charge is 0.481 e. The lowest BCUT2D eigenvalue weighted by Crippen LogP contribution is -2.31. The van der Waals surface area contributed by atoms with Crippen molar-refractivity contribution in [3.8, 4) is 0 Å². The van der Waals surface area contributed by atoms with Gasteiger partial charge in [-0.15, -0.1) is 11.8 Å².